The zero-order chi connectivity index (χ0) is 18.7. The average Bonchev–Trinajstić information content (AvgIpc) is 2.43. The van der Waals surface area contributed by atoms with Gasteiger partial charge >= 0.3 is 11.9 Å². The van der Waals surface area contributed by atoms with E-state index in [2.05, 4.69) is 5.10 Å². The summed E-state index contributed by atoms with van der Waals surface area (Å²) in [5.41, 5.74) is 3.80. The van der Waals surface area contributed by atoms with E-state index in [0.717, 1.165) is 22.4 Å². The van der Waals surface area contributed by atoms with Crippen molar-refractivity contribution in [1.82, 2.24) is 9.49 Å². The van der Waals surface area contributed by atoms with E-state index in [4.69, 9.17) is 4.74 Å². The molecule has 1 unspecified atom stereocenters. The Labute approximate surface area is 144 Å². The monoisotopic (exact) mass is 334 g/mol. The topological polar surface area (TPSA) is 59.0 Å². The van der Waals surface area contributed by atoms with Crippen molar-refractivity contribution in [2.45, 2.75) is 34.6 Å². The SMILES string of the molecule is CCOC(=O)C(=N[N+](C)(C(C)=O)c1c(C)cc(C)cc1C)N(C)C. The van der Waals surface area contributed by atoms with E-state index in [-0.39, 0.29) is 22.9 Å². The lowest BCUT2D eigenvalue weighted by molar-refractivity contribution is -0.135. The third-order valence-electron chi connectivity index (χ3n) is 3.86. The van der Waals surface area contributed by atoms with Gasteiger partial charge in [0.15, 0.2) is 5.69 Å². The van der Waals surface area contributed by atoms with Gasteiger partial charge in [0.05, 0.1) is 13.5 Å². The Hall–Kier alpha value is -2.21. The lowest BCUT2D eigenvalue weighted by Crippen LogP contribution is -2.48. The van der Waals surface area contributed by atoms with Gasteiger partial charge in [-0.15, -0.1) is 4.59 Å². The summed E-state index contributed by atoms with van der Waals surface area (Å²) >= 11 is 0. The molecule has 1 aromatic carbocycles. The maximum atomic E-state index is 12.5. The molecular formula is C18H28N3O3+. The predicted molar refractivity (Wildman–Crippen MR) is 96.8 cm³/mol. The number of aryl methyl sites for hydroxylation is 3. The molecule has 1 aromatic rings. The maximum Gasteiger partial charge on any atom is 0.379 e. The van der Waals surface area contributed by atoms with E-state index >= 15 is 0 Å². The Kier molecular flexibility index (Phi) is 6.26. The van der Waals surface area contributed by atoms with Crippen LogP contribution in [0.25, 0.3) is 0 Å². The summed E-state index contributed by atoms with van der Waals surface area (Å²) in [5, 5.41) is 4.50. The molecule has 6 nitrogen and oxygen atoms in total. The minimum Gasteiger partial charge on any atom is -0.460 e. The molecule has 132 valence electrons. The number of carbonyl (C=O) groups is 2. The van der Waals surface area contributed by atoms with Crippen LogP contribution in [0.5, 0.6) is 0 Å². The number of likely N-dealkylation sites (N-methyl/N-ethyl adjacent to an activating group) is 1. The molecule has 6 heteroatoms. The van der Waals surface area contributed by atoms with Gasteiger partial charge in [-0.3, -0.25) is 0 Å². The van der Waals surface area contributed by atoms with Crippen molar-refractivity contribution in [1.29, 1.82) is 0 Å². The van der Waals surface area contributed by atoms with Crippen LogP contribution >= 0.6 is 0 Å². The normalized spacial score (nSPS) is 14.1. The van der Waals surface area contributed by atoms with E-state index in [1.165, 1.54) is 6.92 Å². The molecule has 0 aromatic heterocycles. The maximum absolute atomic E-state index is 12.5. The number of hydrogen-bond donors (Lipinski definition) is 0. The predicted octanol–water partition coefficient (Wildman–Crippen LogP) is 2.53. The number of amides is 1. The highest BCUT2D eigenvalue weighted by Gasteiger charge is 2.37. The van der Waals surface area contributed by atoms with Crippen LogP contribution in [0, 0.1) is 20.8 Å². The summed E-state index contributed by atoms with van der Waals surface area (Å²) in [6.07, 6.45) is 0. The van der Waals surface area contributed by atoms with Crippen molar-refractivity contribution in [3.8, 4) is 0 Å². The number of esters is 1. The summed E-state index contributed by atoms with van der Waals surface area (Å²) in [6.45, 7) is 9.36. The van der Waals surface area contributed by atoms with Gasteiger partial charge < -0.3 is 9.64 Å². The fourth-order valence-electron chi connectivity index (χ4n) is 2.83. The van der Waals surface area contributed by atoms with Crippen molar-refractivity contribution in [3.63, 3.8) is 0 Å². The minimum atomic E-state index is -0.546. The van der Waals surface area contributed by atoms with E-state index in [0.29, 0.717) is 0 Å². The van der Waals surface area contributed by atoms with E-state index < -0.39 is 5.97 Å². The second-order valence-electron chi connectivity index (χ2n) is 6.26. The zero-order valence-corrected chi connectivity index (χ0v) is 15.9. The van der Waals surface area contributed by atoms with E-state index in [1.54, 1.807) is 33.0 Å². The number of hydrogen-bond acceptors (Lipinski definition) is 4. The van der Waals surface area contributed by atoms with Gasteiger partial charge in [0.2, 0.25) is 0 Å². The lowest BCUT2D eigenvalue weighted by atomic mass is 10.0. The summed E-state index contributed by atoms with van der Waals surface area (Å²) in [7, 11) is 5.10. The summed E-state index contributed by atoms with van der Waals surface area (Å²) < 4.78 is 4.73. The third kappa shape index (κ3) is 4.00. The molecule has 24 heavy (non-hydrogen) atoms. The van der Waals surface area contributed by atoms with Gasteiger partial charge in [0.25, 0.3) is 5.84 Å². The van der Waals surface area contributed by atoms with Crippen LogP contribution in [0.2, 0.25) is 0 Å². The van der Waals surface area contributed by atoms with Gasteiger partial charge in [-0.1, -0.05) is 17.7 Å². The van der Waals surface area contributed by atoms with Gasteiger partial charge in [0.1, 0.15) is 7.05 Å². The van der Waals surface area contributed by atoms with Crippen molar-refractivity contribution >= 4 is 23.4 Å². The summed E-state index contributed by atoms with van der Waals surface area (Å²) in [6, 6.07) is 4.02. The van der Waals surface area contributed by atoms with Crippen LogP contribution in [0.15, 0.2) is 17.2 Å². The number of nitrogens with zero attached hydrogens (tertiary/aromatic N) is 3. The number of benzene rings is 1. The Balaban J connectivity index is 3.64. The highest BCUT2D eigenvalue weighted by molar-refractivity contribution is 6.35. The molecule has 0 aliphatic heterocycles. The Morgan fingerprint density at radius 2 is 1.67 bits per heavy atom. The van der Waals surface area contributed by atoms with Crippen LogP contribution < -0.4 is 4.59 Å². The van der Waals surface area contributed by atoms with E-state index in [9.17, 15) is 9.59 Å². The molecule has 1 rings (SSSR count). The van der Waals surface area contributed by atoms with Crippen LogP contribution in [0.3, 0.4) is 0 Å². The van der Waals surface area contributed by atoms with Crippen LogP contribution in [0.4, 0.5) is 5.69 Å². The largest absolute Gasteiger partial charge is 0.460 e. The molecule has 0 radical (unpaired) electrons. The highest BCUT2D eigenvalue weighted by Crippen LogP contribution is 2.32. The standard InChI is InChI=1S/C18H28N3O3/c1-9-24-18(23)17(20(6)7)19-21(8,15(5)22)16-13(3)10-12(2)11-14(16)4/h10-11H,9H2,1-8H3/q+1. The number of carbonyl (C=O) groups excluding carboxylic acids is 2. The molecule has 0 bridgehead atoms. The van der Waals surface area contributed by atoms with Crippen molar-refractivity contribution in [2.75, 3.05) is 27.7 Å². The molecule has 1 atom stereocenters. The van der Waals surface area contributed by atoms with Crippen molar-refractivity contribution < 1.29 is 14.3 Å². The smallest absolute Gasteiger partial charge is 0.379 e. The summed E-state index contributed by atoms with van der Waals surface area (Å²) in [5.74, 6) is -0.627. The number of amidine groups is 1. The highest BCUT2D eigenvalue weighted by atomic mass is 16.5. The second kappa shape index (κ2) is 7.57. The first-order chi connectivity index (χ1) is 11.0. The number of rotatable bonds is 3. The van der Waals surface area contributed by atoms with Gasteiger partial charge in [-0.2, -0.15) is 0 Å². The molecule has 0 heterocycles. The van der Waals surface area contributed by atoms with Crippen LogP contribution in [-0.2, 0) is 14.3 Å². The lowest BCUT2D eigenvalue weighted by Gasteiger charge is -2.28. The van der Waals surface area contributed by atoms with Crippen molar-refractivity contribution in [2.24, 2.45) is 5.10 Å². The molecule has 0 saturated heterocycles. The zero-order valence-electron chi connectivity index (χ0n) is 15.9. The Morgan fingerprint density at radius 1 is 1.17 bits per heavy atom. The Bertz CT molecular complexity index is 657. The molecular weight excluding hydrogens is 306 g/mol. The van der Waals surface area contributed by atoms with Crippen LogP contribution in [-0.4, -0.2) is 50.4 Å². The minimum absolute atomic E-state index is 0.105. The molecule has 1 amide bonds. The fraction of sp³-hybridized carbons (Fsp3) is 0.500. The quantitative estimate of drug-likeness (QED) is 0.280. The third-order valence-corrected chi connectivity index (χ3v) is 3.86. The fourth-order valence-corrected chi connectivity index (χ4v) is 2.83. The first-order valence-corrected chi connectivity index (χ1v) is 7.95. The first kappa shape index (κ1) is 19.8. The van der Waals surface area contributed by atoms with Gasteiger partial charge in [-0.05, 0) is 32.8 Å². The average molecular weight is 334 g/mol. The van der Waals surface area contributed by atoms with Crippen LogP contribution in [0.1, 0.15) is 30.5 Å². The number of ether oxygens (including phenoxy) is 1. The second-order valence-corrected chi connectivity index (χ2v) is 6.26. The van der Waals surface area contributed by atoms with Gasteiger partial charge in [0, 0.05) is 25.2 Å². The molecule has 0 aliphatic carbocycles. The molecule has 0 N–H and O–H groups in total. The first-order valence-electron chi connectivity index (χ1n) is 7.95. The number of quaternary nitrogens is 1. The molecule has 0 spiro atoms. The van der Waals surface area contributed by atoms with Gasteiger partial charge in [-0.25, -0.2) is 9.59 Å². The Morgan fingerprint density at radius 3 is 2.04 bits per heavy atom. The van der Waals surface area contributed by atoms with Crippen molar-refractivity contribution in [3.05, 3.63) is 28.8 Å². The molecule has 0 saturated carbocycles. The summed E-state index contributed by atoms with van der Waals surface area (Å²) in [4.78, 5) is 26.3. The van der Waals surface area contributed by atoms with E-state index in [1.807, 2.05) is 32.9 Å². The molecule has 0 aliphatic rings. The molecule has 0 fully saturated rings.